The molecule has 0 saturated heterocycles. The Morgan fingerprint density at radius 2 is 2.50 bits per heavy atom. The summed E-state index contributed by atoms with van der Waals surface area (Å²) in [5, 5.41) is 1.80. The third-order valence-electron chi connectivity index (χ3n) is 1.84. The van der Waals surface area contributed by atoms with Crippen molar-refractivity contribution in [3.8, 4) is 12.3 Å². The highest BCUT2D eigenvalue weighted by atomic mass is 32.1. The van der Waals surface area contributed by atoms with Crippen LogP contribution in [0.1, 0.15) is 16.6 Å². The van der Waals surface area contributed by atoms with Gasteiger partial charge in [-0.25, -0.2) is 0 Å². The molecule has 0 radical (unpaired) electrons. The summed E-state index contributed by atoms with van der Waals surface area (Å²) in [4.78, 5) is 14.0. The summed E-state index contributed by atoms with van der Waals surface area (Å²) in [6.07, 6.45) is 5.16. The molecule has 0 saturated carbocycles. The minimum atomic E-state index is -0.0852. The Morgan fingerprint density at radius 1 is 1.79 bits per heavy atom. The molecule has 0 atom stereocenters. The summed E-state index contributed by atoms with van der Waals surface area (Å²) < 4.78 is 0. The van der Waals surface area contributed by atoms with Crippen molar-refractivity contribution in [2.24, 2.45) is 0 Å². The summed E-state index contributed by atoms with van der Waals surface area (Å²) in [5.41, 5.74) is 6.16. The lowest BCUT2D eigenvalue weighted by molar-refractivity contribution is 0.0790. The van der Waals surface area contributed by atoms with Gasteiger partial charge in [0.2, 0.25) is 0 Å². The highest BCUT2D eigenvalue weighted by molar-refractivity contribution is 7.12. The number of amides is 1. The van der Waals surface area contributed by atoms with Crippen molar-refractivity contribution in [3.05, 3.63) is 16.3 Å². The average molecular weight is 208 g/mol. The fourth-order valence-corrected chi connectivity index (χ4v) is 1.86. The van der Waals surface area contributed by atoms with Gasteiger partial charge < -0.3 is 10.6 Å². The number of nitrogens with zero attached hydrogens (tertiary/aromatic N) is 1. The van der Waals surface area contributed by atoms with Crippen LogP contribution in [-0.2, 0) is 0 Å². The van der Waals surface area contributed by atoms with Crippen LogP contribution in [0.4, 0.5) is 5.69 Å². The Bertz CT molecular complexity index is 364. The van der Waals surface area contributed by atoms with Gasteiger partial charge in [0, 0.05) is 6.54 Å². The first-order valence-electron chi connectivity index (χ1n) is 4.26. The van der Waals surface area contributed by atoms with Crippen LogP contribution in [0.3, 0.4) is 0 Å². The van der Waals surface area contributed by atoms with E-state index in [0.717, 1.165) is 0 Å². The molecule has 1 amide bonds. The lowest BCUT2D eigenvalue weighted by atomic mass is 10.3. The molecule has 2 N–H and O–H groups in total. The van der Waals surface area contributed by atoms with Crippen molar-refractivity contribution in [1.29, 1.82) is 0 Å². The van der Waals surface area contributed by atoms with E-state index in [1.54, 1.807) is 16.3 Å². The molecule has 3 nitrogen and oxygen atoms in total. The van der Waals surface area contributed by atoms with Crippen molar-refractivity contribution in [1.82, 2.24) is 4.90 Å². The Hall–Kier alpha value is -1.47. The predicted octanol–water partition coefficient (Wildman–Crippen LogP) is 1.43. The molecule has 1 heterocycles. The van der Waals surface area contributed by atoms with Crippen molar-refractivity contribution in [3.63, 3.8) is 0 Å². The van der Waals surface area contributed by atoms with E-state index in [1.807, 2.05) is 6.92 Å². The van der Waals surface area contributed by atoms with Gasteiger partial charge in [-0.2, -0.15) is 0 Å². The van der Waals surface area contributed by atoms with Crippen LogP contribution in [0.15, 0.2) is 11.4 Å². The van der Waals surface area contributed by atoms with Crippen LogP contribution in [-0.4, -0.2) is 23.9 Å². The molecular weight excluding hydrogens is 196 g/mol. The maximum atomic E-state index is 11.8. The molecule has 74 valence electrons. The van der Waals surface area contributed by atoms with Gasteiger partial charge in [0.1, 0.15) is 4.88 Å². The van der Waals surface area contributed by atoms with Gasteiger partial charge in [-0.1, -0.05) is 5.92 Å². The molecule has 4 heteroatoms. The Morgan fingerprint density at radius 3 is 2.93 bits per heavy atom. The average Bonchev–Trinajstić information content (AvgIpc) is 2.59. The number of thiophene rings is 1. The summed E-state index contributed by atoms with van der Waals surface area (Å²) in [6, 6.07) is 1.72. The zero-order valence-corrected chi connectivity index (χ0v) is 8.80. The summed E-state index contributed by atoms with van der Waals surface area (Å²) in [6.45, 7) is 2.81. The highest BCUT2D eigenvalue weighted by Crippen LogP contribution is 2.20. The molecule has 1 aromatic heterocycles. The minimum absolute atomic E-state index is 0.0852. The third kappa shape index (κ3) is 2.06. The maximum Gasteiger partial charge on any atom is 0.266 e. The number of hydrogen-bond acceptors (Lipinski definition) is 3. The number of nitrogens with two attached hydrogens (primary N) is 1. The molecule has 0 unspecified atom stereocenters. The number of nitrogen functional groups attached to an aromatic ring is 1. The number of carbonyl (C=O) groups excluding carboxylic acids is 1. The van der Waals surface area contributed by atoms with Crippen LogP contribution < -0.4 is 5.73 Å². The molecule has 1 rings (SSSR count). The third-order valence-corrected chi connectivity index (χ3v) is 2.76. The van der Waals surface area contributed by atoms with Gasteiger partial charge in [-0.3, -0.25) is 4.79 Å². The first kappa shape index (κ1) is 10.6. The van der Waals surface area contributed by atoms with E-state index in [-0.39, 0.29) is 5.91 Å². The highest BCUT2D eigenvalue weighted by Gasteiger charge is 2.16. The number of carbonyl (C=O) groups is 1. The van der Waals surface area contributed by atoms with Crippen molar-refractivity contribution >= 4 is 22.9 Å². The van der Waals surface area contributed by atoms with Crippen LogP contribution in [0.2, 0.25) is 0 Å². The van der Waals surface area contributed by atoms with E-state index < -0.39 is 0 Å². The van der Waals surface area contributed by atoms with E-state index in [9.17, 15) is 4.79 Å². The Labute approximate surface area is 87.5 Å². The summed E-state index contributed by atoms with van der Waals surface area (Å²) in [7, 11) is 0. The number of hydrogen-bond donors (Lipinski definition) is 1. The molecule has 0 aromatic carbocycles. The predicted molar refractivity (Wildman–Crippen MR) is 59.1 cm³/mol. The largest absolute Gasteiger partial charge is 0.397 e. The number of terminal acetylenes is 1. The van der Waals surface area contributed by atoms with Gasteiger partial charge in [-0.05, 0) is 18.4 Å². The van der Waals surface area contributed by atoms with E-state index in [1.165, 1.54) is 11.3 Å². The van der Waals surface area contributed by atoms with Gasteiger partial charge in [0.05, 0.1) is 12.2 Å². The zero-order chi connectivity index (χ0) is 10.6. The fraction of sp³-hybridized carbons (Fsp3) is 0.300. The summed E-state index contributed by atoms with van der Waals surface area (Å²) >= 11 is 1.34. The lowest BCUT2D eigenvalue weighted by Gasteiger charge is -2.17. The van der Waals surface area contributed by atoms with Gasteiger partial charge in [0.25, 0.3) is 5.91 Å². The van der Waals surface area contributed by atoms with E-state index in [0.29, 0.717) is 23.7 Å². The van der Waals surface area contributed by atoms with Crippen LogP contribution in [0.25, 0.3) is 0 Å². The minimum Gasteiger partial charge on any atom is -0.397 e. The van der Waals surface area contributed by atoms with Crippen molar-refractivity contribution in [2.75, 3.05) is 18.8 Å². The first-order chi connectivity index (χ1) is 6.70. The monoisotopic (exact) mass is 208 g/mol. The standard InChI is InChI=1S/C10H12N2OS/c1-3-6-12(4-2)10(13)9-8(11)5-7-14-9/h1,5,7H,4,6,11H2,2H3. The molecular formula is C10H12N2OS. The molecule has 1 aromatic rings. The Kier molecular flexibility index (Phi) is 3.55. The molecule has 14 heavy (non-hydrogen) atoms. The second kappa shape index (κ2) is 4.68. The second-order valence-electron chi connectivity index (χ2n) is 2.73. The fourth-order valence-electron chi connectivity index (χ4n) is 1.07. The van der Waals surface area contributed by atoms with Crippen LogP contribution in [0.5, 0.6) is 0 Å². The summed E-state index contributed by atoms with van der Waals surface area (Å²) in [5.74, 6) is 2.36. The van der Waals surface area contributed by atoms with E-state index in [2.05, 4.69) is 5.92 Å². The van der Waals surface area contributed by atoms with Crippen molar-refractivity contribution < 1.29 is 4.79 Å². The van der Waals surface area contributed by atoms with E-state index >= 15 is 0 Å². The quantitative estimate of drug-likeness (QED) is 0.764. The molecule has 0 aliphatic heterocycles. The molecule has 0 aliphatic rings. The molecule has 0 aliphatic carbocycles. The van der Waals surface area contributed by atoms with Gasteiger partial charge >= 0.3 is 0 Å². The second-order valence-corrected chi connectivity index (χ2v) is 3.64. The molecule has 0 fully saturated rings. The van der Waals surface area contributed by atoms with E-state index in [4.69, 9.17) is 12.2 Å². The SMILES string of the molecule is C#CCN(CC)C(=O)c1sccc1N. The lowest BCUT2D eigenvalue weighted by Crippen LogP contribution is -2.30. The number of rotatable bonds is 3. The zero-order valence-electron chi connectivity index (χ0n) is 7.99. The molecule has 0 bridgehead atoms. The van der Waals surface area contributed by atoms with Crippen LogP contribution in [0, 0.1) is 12.3 Å². The molecule has 0 spiro atoms. The number of anilines is 1. The van der Waals surface area contributed by atoms with Gasteiger partial charge in [0.15, 0.2) is 0 Å². The van der Waals surface area contributed by atoms with Crippen LogP contribution >= 0.6 is 11.3 Å². The van der Waals surface area contributed by atoms with Crippen molar-refractivity contribution in [2.45, 2.75) is 6.92 Å². The maximum absolute atomic E-state index is 11.8. The first-order valence-corrected chi connectivity index (χ1v) is 5.14. The Balaban J connectivity index is 2.84. The normalized spacial score (nSPS) is 9.43. The van der Waals surface area contributed by atoms with Gasteiger partial charge in [-0.15, -0.1) is 17.8 Å². The topological polar surface area (TPSA) is 46.3 Å². The smallest absolute Gasteiger partial charge is 0.266 e.